The van der Waals surface area contributed by atoms with E-state index in [1.807, 2.05) is 6.07 Å². The smallest absolute Gasteiger partial charge is 0.287 e. The summed E-state index contributed by atoms with van der Waals surface area (Å²) in [5.41, 5.74) is 1.07. The maximum Gasteiger partial charge on any atom is 0.287 e. The van der Waals surface area contributed by atoms with Crippen LogP contribution < -0.4 is 10.6 Å². The third-order valence-corrected chi connectivity index (χ3v) is 2.45. The summed E-state index contributed by atoms with van der Waals surface area (Å²) in [6.45, 7) is -0.167. The zero-order valence-electron chi connectivity index (χ0n) is 10.4. The molecule has 0 spiro atoms. The molecule has 2 rings (SSSR count). The lowest BCUT2D eigenvalue weighted by Crippen LogP contribution is -2.32. The van der Waals surface area contributed by atoms with Gasteiger partial charge in [0.2, 0.25) is 5.91 Å². The first kappa shape index (κ1) is 13.4. The summed E-state index contributed by atoms with van der Waals surface area (Å²) in [5.74, 6) is -0.671. The standard InChI is InChI=1S/C14H11N3O3/c15-8-10-3-5-11(6-4-10)17-13(18)9-16-14(19)12-2-1-7-20-12/h1-7H,9H2,(H,16,19)(H,17,18). The Balaban J connectivity index is 1.83. The highest BCUT2D eigenvalue weighted by molar-refractivity contribution is 5.97. The minimum Gasteiger partial charge on any atom is -0.459 e. The van der Waals surface area contributed by atoms with Crippen molar-refractivity contribution in [2.75, 3.05) is 11.9 Å². The molecule has 0 radical (unpaired) electrons. The fourth-order valence-electron chi connectivity index (χ4n) is 1.49. The van der Waals surface area contributed by atoms with Gasteiger partial charge >= 0.3 is 0 Å². The maximum atomic E-state index is 11.6. The average molecular weight is 269 g/mol. The first-order valence-corrected chi connectivity index (χ1v) is 5.81. The Hall–Kier alpha value is -3.07. The molecule has 0 atom stereocenters. The van der Waals surface area contributed by atoms with Gasteiger partial charge in [0, 0.05) is 5.69 Å². The number of amides is 2. The monoisotopic (exact) mass is 269 g/mol. The van der Waals surface area contributed by atoms with E-state index in [4.69, 9.17) is 9.68 Å². The van der Waals surface area contributed by atoms with Crippen LogP contribution in [-0.4, -0.2) is 18.4 Å². The molecule has 0 aliphatic carbocycles. The predicted octanol–water partition coefficient (Wildman–Crippen LogP) is 1.52. The van der Waals surface area contributed by atoms with E-state index in [0.717, 1.165) is 0 Å². The molecular formula is C14H11N3O3. The molecule has 0 fully saturated rings. The van der Waals surface area contributed by atoms with Gasteiger partial charge in [0.05, 0.1) is 24.4 Å². The quantitative estimate of drug-likeness (QED) is 0.879. The Bertz CT molecular complexity index is 639. The molecule has 2 aromatic rings. The van der Waals surface area contributed by atoms with E-state index in [1.54, 1.807) is 30.3 Å². The molecule has 6 nitrogen and oxygen atoms in total. The number of nitrogens with zero attached hydrogens (tertiary/aromatic N) is 1. The lowest BCUT2D eigenvalue weighted by molar-refractivity contribution is -0.115. The second-order valence-electron chi connectivity index (χ2n) is 3.90. The summed E-state index contributed by atoms with van der Waals surface area (Å²) in [5, 5.41) is 13.7. The molecule has 0 bridgehead atoms. The molecule has 1 aromatic carbocycles. The Kier molecular flexibility index (Phi) is 4.14. The van der Waals surface area contributed by atoms with Gasteiger partial charge in [0.25, 0.3) is 5.91 Å². The molecule has 6 heteroatoms. The van der Waals surface area contributed by atoms with Crippen molar-refractivity contribution in [2.24, 2.45) is 0 Å². The van der Waals surface area contributed by atoms with Crippen molar-refractivity contribution in [3.05, 3.63) is 54.0 Å². The van der Waals surface area contributed by atoms with Gasteiger partial charge in [-0.2, -0.15) is 5.26 Å². The zero-order chi connectivity index (χ0) is 14.4. The van der Waals surface area contributed by atoms with Crippen LogP contribution in [0.4, 0.5) is 5.69 Å². The summed E-state index contributed by atoms with van der Waals surface area (Å²) in [6.07, 6.45) is 1.38. The van der Waals surface area contributed by atoms with Crippen LogP contribution in [-0.2, 0) is 4.79 Å². The SMILES string of the molecule is N#Cc1ccc(NC(=O)CNC(=O)c2ccco2)cc1. The number of furan rings is 1. The van der Waals surface area contributed by atoms with E-state index in [-0.39, 0.29) is 18.2 Å². The maximum absolute atomic E-state index is 11.6. The van der Waals surface area contributed by atoms with E-state index >= 15 is 0 Å². The van der Waals surface area contributed by atoms with Gasteiger partial charge in [0.15, 0.2) is 5.76 Å². The minimum atomic E-state index is -0.454. The van der Waals surface area contributed by atoms with Gasteiger partial charge < -0.3 is 15.1 Å². The number of hydrogen-bond acceptors (Lipinski definition) is 4. The highest BCUT2D eigenvalue weighted by Gasteiger charge is 2.10. The van der Waals surface area contributed by atoms with Crippen LogP contribution in [0.25, 0.3) is 0 Å². The number of hydrogen-bond donors (Lipinski definition) is 2. The minimum absolute atomic E-state index is 0.149. The number of nitriles is 1. The average Bonchev–Trinajstić information content (AvgIpc) is 3.00. The number of nitrogens with one attached hydrogen (secondary N) is 2. The molecule has 0 aliphatic heterocycles. The van der Waals surface area contributed by atoms with Crippen LogP contribution in [0.15, 0.2) is 47.1 Å². The zero-order valence-corrected chi connectivity index (χ0v) is 10.4. The molecule has 2 N–H and O–H groups in total. The fraction of sp³-hybridized carbons (Fsp3) is 0.0714. The molecule has 100 valence electrons. The fourth-order valence-corrected chi connectivity index (χ4v) is 1.49. The highest BCUT2D eigenvalue weighted by atomic mass is 16.3. The number of anilines is 1. The van der Waals surface area contributed by atoms with Crippen LogP contribution in [0.1, 0.15) is 16.1 Å². The van der Waals surface area contributed by atoms with Crippen LogP contribution in [0.3, 0.4) is 0 Å². The first-order chi connectivity index (χ1) is 9.69. The lowest BCUT2D eigenvalue weighted by Gasteiger charge is -2.06. The Morgan fingerprint density at radius 2 is 1.95 bits per heavy atom. The summed E-state index contributed by atoms with van der Waals surface area (Å²) < 4.78 is 4.90. The Labute approximate surface area is 115 Å². The Morgan fingerprint density at radius 1 is 1.20 bits per heavy atom. The van der Waals surface area contributed by atoms with E-state index in [2.05, 4.69) is 10.6 Å². The molecule has 0 saturated heterocycles. The summed E-state index contributed by atoms with van der Waals surface area (Å²) in [4.78, 5) is 23.1. The number of carbonyl (C=O) groups excluding carboxylic acids is 2. The molecule has 1 aromatic heterocycles. The predicted molar refractivity (Wildman–Crippen MR) is 70.8 cm³/mol. The molecule has 0 saturated carbocycles. The molecule has 0 unspecified atom stereocenters. The van der Waals surface area contributed by atoms with Crippen LogP contribution in [0, 0.1) is 11.3 Å². The largest absolute Gasteiger partial charge is 0.459 e. The van der Waals surface area contributed by atoms with E-state index < -0.39 is 5.91 Å². The van der Waals surface area contributed by atoms with Crippen molar-refractivity contribution in [2.45, 2.75) is 0 Å². The van der Waals surface area contributed by atoms with Crippen molar-refractivity contribution in [1.29, 1.82) is 5.26 Å². The van der Waals surface area contributed by atoms with Crippen LogP contribution in [0.5, 0.6) is 0 Å². The van der Waals surface area contributed by atoms with Gasteiger partial charge in [-0.3, -0.25) is 9.59 Å². The summed E-state index contributed by atoms with van der Waals surface area (Å²) in [7, 11) is 0. The van der Waals surface area contributed by atoms with Crippen LogP contribution in [0.2, 0.25) is 0 Å². The molecule has 1 heterocycles. The van der Waals surface area contributed by atoms with E-state index in [1.165, 1.54) is 12.3 Å². The van der Waals surface area contributed by atoms with E-state index in [9.17, 15) is 9.59 Å². The third kappa shape index (κ3) is 3.46. The van der Waals surface area contributed by atoms with Gasteiger partial charge in [-0.25, -0.2) is 0 Å². The normalized spacial score (nSPS) is 9.55. The van der Waals surface area contributed by atoms with Gasteiger partial charge in [-0.1, -0.05) is 0 Å². The van der Waals surface area contributed by atoms with Crippen molar-refractivity contribution in [3.63, 3.8) is 0 Å². The van der Waals surface area contributed by atoms with Gasteiger partial charge in [-0.15, -0.1) is 0 Å². The van der Waals surface area contributed by atoms with Crippen molar-refractivity contribution in [1.82, 2.24) is 5.32 Å². The van der Waals surface area contributed by atoms with Gasteiger partial charge in [-0.05, 0) is 36.4 Å². The number of benzene rings is 1. The summed E-state index contributed by atoms with van der Waals surface area (Å²) >= 11 is 0. The summed E-state index contributed by atoms with van der Waals surface area (Å²) in [6, 6.07) is 11.5. The second-order valence-corrected chi connectivity index (χ2v) is 3.90. The topological polar surface area (TPSA) is 95.1 Å². The Morgan fingerprint density at radius 3 is 2.55 bits per heavy atom. The van der Waals surface area contributed by atoms with Crippen molar-refractivity contribution in [3.8, 4) is 6.07 Å². The number of rotatable bonds is 4. The van der Waals surface area contributed by atoms with Crippen molar-refractivity contribution < 1.29 is 14.0 Å². The van der Waals surface area contributed by atoms with Crippen LogP contribution >= 0.6 is 0 Å². The van der Waals surface area contributed by atoms with E-state index in [0.29, 0.717) is 11.3 Å². The third-order valence-electron chi connectivity index (χ3n) is 2.45. The molecule has 2 amide bonds. The van der Waals surface area contributed by atoms with Crippen molar-refractivity contribution >= 4 is 17.5 Å². The number of carbonyl (C=O) groups is 2. The van der Waals surface area contributed by atoms with Gasteiger partial charge in [0.1, 0.15) is 0 Å². The first-order valence-electron chi connectivity index (χ1n) is 5.81. The highest BCUT2D eigenvalue weighted by Crippen LogP contribution is 2.08. The molecule has 20 heavy (non-hydrogen) atoms. The second kappa shape index (κ2) is 6.20. The molecular weight excluding hydrogens is 258 g/mol. The lowest BCUT2D eigenvalue weighted by atomic mass is 10.2. The molecule has 0 aliphatic rings.